The molecule has 0 saturated carbocycles. The fraction of sp³-hybridized carbons (Fsp3) is 0.333. The van der Waals surface area contributed by atoms with Gasteiger partial charge in [0.05, 0.1) is 0 Å². The molecule has 2 aromatic carbocycles. The predicted octanol–water partition coefficient (Wildman–Crippen LogP) is 4.13. The first kappa shape index (κ1) is 14.6. The van der Waals surface area contributed by atoms with E-state index in [2.05, 4.69) is 13.8 Å². The molecule has 2 nitrogen and oxygen atoms in total. The summed E-state index contributed by atoms with van der Waals surface area (Å²) >= 11 is 0. The fourth-order valence-electron chi connectivity index (χ4n) is 2.18. The monoisotopic (exact) mass is 270 g/mol. The van der Waals surface area contributed by atoms with Gasteiger partial charge in [-0.15, -0.1) is 0 Å². The van der Waals surface area contributed by atoms with Gasteiger partial charge < -0.3 is 9.84 Å². The van der Waals surface area contributed by atoms with Gasteiger partial charge in [0.1, 0.15) is 18.0 Å². The lowest BCUT2D eigenvalue weighted by Gasteiger charge is -2.27. The van der Waals surface area contributed by atoms with E-state index < -0.39 is 6.10 Å². The summed E-state index contributed by atoms with van der Waals surface area (Å²) in [6.45, 7) is 6.17. The number of aliphatic hydroxyl groups excluding tert-OH is 1. The van der Waals surface area contributed by atoms with Crippen LogP contribution in [0.2, 0.25) is 0 Å². The molecular weight excluding hydrogens is 248 g/mol. The van der Waals surface area contributed by atoms with Crippen LogP contribution in [0.15, 0.2) is 54.6 Å². The minimum absolute atomic E-state index is 0.214. The summed E-state index contributed by atoms with van der Waals surface area (Å²) in [5.74, 6) is 1.01. The largest absolute Gasteiger partial charge is 0.487 e. The zero-order chi connectivity index (χ0) is 14.5. The van der Waals surface area contributed by atoms with E-state index in [4.69, 9.17) is 4.74 Å². The normalized spacial score (nSPS) is 14.1. The van der Waals surface area contributed by atoms with Gasteiger partial charge in [-0.05, 0) is 30.5 Å². The molecule has 0 aliphatic rings. The Morgan fingerprint density at radius 3 is 2.05 bits per heavy atom. The molecule has 0 spiro atoms. The number of aliphatic hydroxyl groups is 1. The molecule has 2 atom stereocenters. The minimum atomic E-state index is -0.627. The molecule has 0 bridgehead atoms. The average Bonchev–Trinajstić information content (AvgIpc) is 2.46. The van der Waals surface area contributed by atoms with Crippen molar-refractivity contribution >= 4 is 0 Å². The van der Waals surface area contributed by atoms with Crippen LogP contribution in [-0.4, -0.2) is 11.2 Å². The average molecular weight is 270 g/mol. The van der Waals surface area contributed by atoms with Crippen LogP contribution < -0.4 is 4.74 Å². The lowest BCUT2D eigenvalue weighted by Crippen LogP contribution is -2.30. The van der Waals surface area contributed by atoms with Crippen LogP contribution in [-0.2, 0) is 0 Å². The molecule has 0 fully saturated rings. The number of rotatable bonds is 5. The van der Waals surface area contributed by atoms with Crippen molar-refractivity contribution in [1.29, 1.82) is 0 Å². The van der Waals surface area contributed by atoms with Crippen molar-refractivity contribution in [1.82, 2.24) is 0 Å². The van der Waals surface area contributed by atoms with Crippen molar-refractivity contribution in [3.05, 3.63) is 65.7 Å². The molecule has 2 unspecified atom stereocenters. The predicted molar refractivity (Wildman–Crippen MR) is 81.8 cm³/mol. The zero-order valence-electron chi connectivity index (χ0n) is 12.3. The Morgan fingerprint density at radius 1 is 0.900 bits per heavy atom. The standard InChI is InChI=1S/C18H22O2/c1-13(2)18(17(19)15-7-5-4-6-8-15)20-16-11-9-14(3)10-12-16/h4-13,17-19H,1-3H3. The Kier molecular flexibility index (Phi) is 4.80. The van der Waals surface area contributed by atoms with Crippen molar-refractivity contribution in [2.24, 2.45) is 5.92 Å². The Bertz CT molecular complexity index is 517. The van der Waals surface area contributed by atoms with Crippen molar-refractivity contribution in [3.8, 4) is 5.75 Å². The second kappa shape index (κ2) is 6.58. The van der Waals surface area contributed by atoms with Crippen LogP contribution in [0, 0.1) is 12.8 Å². The van der Waals surface area contributed by atoms with Gasteiger partial charge in [0.2, 0.25) is 0 Å². The van der Waals surface area contributed by atoms with Gasteiger partial charge in [0.15, 0.2) is 0 Å². The Morgan fingerprint density at radius 2 is 1.50 bits per heavy atom. The van der Waals surface area contributed by atoms with Gasteiger partial charge in [0.25, 0.3) is 0 Å². The SMILES string of the molecule is Cc1ccc(OC(C(C)C)C(O)c2ccccc2)cc1. The molecule has 0 aromatic heterocycles. The van der Waals surface area contributed by atoms with Gasteiger partial charge >= 0.3 is 0 Å². The number of hydrogen-bond donors (Lipinski definition) is 1. The van der Waals surface area contributed by atoms with Crippen molar-refractivity contribution < 1.29 is 9.84 Å². The lowest BCUT2D eigenvalue weighted by molar-refractivity contribution is 0.00788. The van der Waals surface area contributed by atoms with E-state index in [-0.39, 0.29) is 12.0 Å². The molecule has 0 amide bonds. The highest BCUT2D eigenvalue weighted by Gasteiger charge is 2.25. The molecule has 20 heavy (non-hydrogen) atoms. The second-order valence-corrected chi connectivity index (χ2v) is 5.50. The van der Waals surface area contributed by atoms with Crippen LogP contribution in [0.1, 0.15) is 31.1 Å². The topological polar surface area (TPSA) is 29.5 Å². The van der Waals surface area contributed by atoms with E-state index in [1.807, 2.05) is 61.5 Å². The van der Waals surface area contributed by atoms with Crippen LogP contribution in [0.5, 0.6) is 5.75 Å². The highest BCUT2D eigenvalue weighted by atomic mass is 16.5. The van der Waals surface area contributed by atoms with E-state index >= 15 is 0 Å². The third-order valence-corrected chi connectivity index (χ3v) is 3.40. The summed E-state index contributed by atoms with van der Waals surface area (Å²) < 4.78 is 6.00. The van der Waals surface area contributed by atoms with Gasteiger partial charge in [-0.1, -0.05) is 61.9 Å². The first-order valence-electron chi connectivity index (χ1n) is 7.04. The molecule has 0 saturated heterocycles. The van der Waals surface area contributed by atoms with E-state index in [0.29, 0.717) is 0 Å². The van der Waals surface area contributed by atoms with Crippen molar-refractivity contribution in [2.75, 3.05) is 0 Å². The first-order valence-corrected chi connectivity index (χ1v) is 7.04. The third kappa shape index (κ3) is 3.61. The smallest absolute Gasteiger partial charge is 0.131 e. The second-order valence-electron chi connectivity index (χ2n) is 5.50. The number of ether oxygens (including phenoxy) is 1. The molecule has 0 heterocycles. The Hall–Kier alpha value is -1.80. The first-order chi connectivity index (χ1) is 9.58. The van der Waals surface area contributed by atoms with Gasteiger partial charge in [-0.2, -0.15) is 0 Å². The zero-order valence-corrected chi connectivity index (χ0v) is 12.3. The van der Waals surface area contributed by atoms with E-state index in [1.165, 1.54) is 5.56 Å². The molecular formula is C18H22O2. The molecule has 106 valence electrons. The highest BCUT2D eigenvalue weighted by molar-refractivity contribution is 5.27. The molecule has 0 aliphatic heterocycles. The van der Waals surface area contributed by atoms with Crippen LogP contribution >= 0.6 is 0 Å². The number of aryl methyl sites for hydroxylation is 1. The highest BCUT2D eigenvalue weighted by Crippen LogP contribution is 2.26. The number of benzene rings is 2. The summed E-state index contributed by atoms with van der Waals surface area (Å²) in [5, 5.41) is 10.5. The number of hydrogen-bond acceptors (Lipinski definition) is 2. The van der Waals surface area contributed by atoms with Gasteiger partial charge in [-0.3, -0.25) is 0 Å². The summed E-state index contributed by atoms with van der Waals surface area (Å²) in [6, 6.07) is 17.6. The molecule has 2 rings (SSSR count). The maximum absolute atomic E-state index is 10.5. The maximum atomic E-state index is 10.5. The Balaban J connectivity index is 2.17. The summed E-state index contributed by atoms with van der Waals surface area (Å²) in [6.07, 6.45) is -0.891. The van der Waals surface area contributed by atoms with Crippen LogP contribution in [0.4, 0.5) is 0 Å². The minimum Gasteiger partial charge on any atom is -0.487 e. The quantitative estimate of drug-likeness (QED) is 0.885. The summed E-state index contributed by atoms with van der Waals surface area (Å²) in [5.41, 5.74) is 2.08. The molecule has 2 heteroatoms. The van der Waals surface area contributed by atoms with E-state index in [9.17, 15) is 5.11 Å². The van der Waals surface area contributed by atoms with Crippen LogP contribution in [0.25, 0.3) is 0 Å². The van der Waals surface area contributed by atoms with Crippen LogP contribution in [0.3, 0.4) is 0 Å². The van der Waals surface area contributed by atoms with Gasteiger partial charge in [-0.25, -0.2) is 0 Å². The summed E-state index contributed by atoms with van der Waals surface area (Å²) in [7, 11) is 0. The summed E-state index contributed by atoms with van der Waals surface area (Å²) in [4.78, 5) is 0. The van der Waals surface area contributed by atoms with E-state index in [0.717, 1.165) is 11.3 Å². The van der Waals surface area contributed by atoms with Gasteiger partial charge in [0, 0.05) is 0 Å². The van der Waals surface area contributed by atoms with E-state index in [1.54, 1.807) is 0 Å². The lowest BCUT2D eigenvalue weighted by atomic mass is 9.96. The fourth-order valence-corrected chi connectivity index (χ4v) is 2.18. The Labute approximate surface area is 121 Å². The molecule has 2 aromatic rings. The maximum Gasteiger partial charge on any atom is 0.131 e. The van der Waals surface area contributed by atoms with Crippen molar-refractivity contribution in [2.45, 2.75) is 33.0 Å². The van der Waals surface area contributed by atoms with Crippen molar-refractivity contribution in [3.63, 3.8) is 0 Å². The molecule has 0 radical (unpaired) electrons. The third-order valence-electron chi connectivity index (χ3n) is 3.40. The molecule has 0 aliphatic carbocycles. The molecule has 1 N–H and O–H groups in total.